The van der Waals surface area contributed by atoms with Gasteiger partial charge >= 0.3 is 0 Å². The Kier molecular flexibility index (Phi) is 7.73. The summed E-state index contributed by atoms with van der Waals surface area (Å²) in [6.45, 7) is -0.502. The van der Waals surface area contributed by atoms with E-state index in [9.17, 15) is 23.8 Å². The van der Waals surface area contributed by atoms with Crippen LogP contribution in [0.4, 0.5) is 14.6 Å². The zero-order chi connectivity index (χ0) is 25.1. The second-order valence-corrected chi connectivity index (χ2v) is 9.56. The Hall–Kier alpha value is -2.95. The minimum Gasteiger partial charge on any atom is -0.394 e. The van der Waals surface area contributed by atoms with Crippen molar-refractivity contribution in [2.45, 2.75) is 43.7 Å². The number of carbonyl (C=O) groups excluding carboxylic acids is 1. The molecule has 184 valence electrons. The minimum absolute atomic E-state index is 0.137. The maximum Gasteiger partial charge on any atom is 0.254 e. The van der Waals surface area contributed by atoms with Crippen LogP contribution in [-0.4, -0.2) is 38.8 Å². The van der Waals surface area contributed by atoms with E-state index in [4.69, 9.17) is 5.73 Å². The van der Waals surface area contributed by atoms with Crippen molar-refractivity contribution < 1.29 is 23.8 Å². The van der Waals surface area contributed by atoms with Gasteiger partial charge in [-0.25, -0.2) is 18.7 Å². The Morgan fingerprint density at radius 3 is 2.57 bits per heavy atom. The highest BCUT2D eigenvalue weighted by Gasteiger charge is 2.24. The predicted molar refractivity (Wildman–Crippen MR) is 130 cm³/mol. The third-order valence-corrected chi connectivity index (χ3v) is 6.65. The molecule has 1 fully saturated rings. The first-order valence-corrected chi connectivity index (χ1v) is 12.0. The van der Waals surface area contributed by atoms with Gasteiger partial charge in [0.1, 0.15) is 23.1 Å². The molecule has 1 amide bonds. The number of nitrogens with one attached hydrogen (secondary N) is 1. The Labute approximate surface area is 209 Å². The van der Waals surface area contributed by atoms with Gasteiger partial charge in [0.05, 0.1) is 36.2 Å². The summed E-state index contributed by atoms with van der Waals surface area (Å²) in [6.07, 6.45) is 4.24. The van der Waals surface area contributed by atoms with Crippen molar-refractivity contribution in [1.82, 2.24) is 15.3 Å². The quantitative estimate of drug-likeness (QED) is 0.366. The van der Waals surface area contributed by atoms with E-state index in [-0.39, 0.29) is 23.4 Å². The number of aromatic nitrogens is 2. The third-order valence-electron chi connectivity index (χ3n) is 6.20. The number of nitrogen functional groups attached to an aromatic ring is 1. The van der Waals surface area contributed by atoms with Gasteiger partial charge in [-0.05, 0) is 61.6 Å². The molecule has 1 saturated carbocycles. The normalized spacial score (nSPS) is 18.8. The summed E-state index contributed by atoms with van der Waals surface area (Å²) in [6, 6.07) is 7.06. The number of nitrogens with two attached hydrogens (primary N) is 1. The highest BCUT2D eigenvalue weighted by atomic mass is 79.9. The van der Waals surface area contributed by atoms with Gasteiger partial charge in [-0.2, -0.15) is 0 Å². The molecule has 1 aromatic heterocycles. The Morgan fingerprint density at radius 1 is 1.17 bits per heavy atom. The molecule has 1 aliphatic rings. The van der Waals surface area contributed by atoms with Gasteiger partial charge in [-0.15, -0.1) is 0 Å². The molecule has 35 heavy (non-hydrogen) atoms. The fourth-order valence-corrected chi connectivity index (χ4v) is 4.77. The molecule has 1 unspecified atom stereocenters. The van der Waals surface area contributed by atoms with E-state index in [2.05, 4.69) is 31.2 Å². The van der Waals surface area contributed by atoms with E-state index in [1.165, 1.54) is 24.3 Å². The molecule has 1 heterocycles. The van der Waals surface area contributed by atoms with Crippen molar-refractivity contribution in [3.8, 4) is 11.3 Å². The maximum atomic E-state index is 15.0. The summed E-state index contributed by atoms with van der Waals surface area (Å²) in [5.74, 6) is -1.83. The molecule has 2 aromatic carbocycles. The van der Waals surface area contributed by atoms with Gasteiger partial charge in [0, 0.05) is 16.0 Å². The average molecular weight is 547 g/mol. The Balaban J connectivity index is 1.55. The molecule has 0 bridgehead atoms. The van der Waals surface area contributed by atoms with Crippen LogP contribution < -0.4 is 11.1 Å². The number of nitrogens with zero attached hydrogens (tertiary/aromatic N) is 2. The lowest BCUT2D eigenvalue weighted by Gasteiger charge is -2.25. The third kappa shape index (κ3) is 5.83. The lowest BCUT2D eigenvalue weighted by Crippen LogP contribution is -2.31. The van der Waals surface area contributed by atoms with E-state index in [1.807, 2.05) is 0 Å². The van der Waals surface area contributed by atoms with Crippen LogP contribution >= 0.6 is 15.9 Å². The van der Waals surface area contributed by atoms with Crippen LogP contribution in [0.3, 0.4) is 0 Å². The van der Waals surface area contributed by atoms with Crippen molar-refractivity contribution >= 4 is 27.7 Å². The molecule has 0 aliphatic heterocycles. The van der Waals surface area contributed by atoms with Crippen LogP contribution in [0, 0.1) is 11.6 Å². The highest BCUT2D eigenvalue weighted by molar-refractivity contribution is 9.10. The van der Waals surface area contributed by atoms with Crippen LogP contribution in [0.2, 0.25) is 0 Å². The summed E-state index contributed by atoms with van der Waals surface area (Å²) < 4.78 is 29.2. The maximum absolute atomic E-state index is 15.0. The highest BCUT2D eigenvalue weighted by Crippen LogP contribution is 2.34. The summed E-state index contributed by atoms with van der Waals surface area (Å²) in [4.78, 5) is 21.6. The van der Waals surface area contributed by atoms with Crippen molar-refractivity contribution in [3.05, 3.63) is 75.5 Å². The summed E-state index contributed by atoms with van der Waals surface area (Å²) >= 11 is 3.18. The molecule has 5 N–H and O–H groups in total. The monoisotopic (exact) mass is 546 g/mol. The van der Waals surface area contributed by atoms with Crippen molar-refractivity contribution in [2.24, 2.45) is 0 Å². The van der Waals surface area contributed by atoms with Gasteiger partial charge in [0.2, 0.25) is 0 Å². The molecule has 7 nitrogen and oxygen atoms in total. The fraction of sp³-hybridized carbons (Fsp3) is 0.320. The van der Waals surface area contributed by atoms with Gasteiger partial charge in [0.25, 0.3) is 5.91 Å². The van der Waals surface area contributed by atoms with Crippen LogP contribution in [0.1, 0.15) is 59.3 Å². The van der Waals surface area contributed by atoms with Crippen molar-refractivity contribution in [1.29, 1.82) is 0 Å². The zero-order valence-electron chi connectivity index (χ0n) is 18.7. The van der Waals surface area contributed by atoms with Crippen molar-refractivity contribution in [3.63, 3.8) is 0 Å². The summed E-state index contributed by atoms with van der Waals surface area (Å²) in [5.41, 5.74) is 7.52. The largest absolute Gasteiger partial charge is 0.394 e. The topological polar surface area (TPSA) is 121 Å². The smallest absolute Gasteiger partial charge is 0.254 e. The average Bonchev–Trinajstić information content (AvgIpc) is 2.82. The van der Waals surface area contributed by atoms with E-state index >= 15 is 0 Å². The molecular weight excluding hydrogens is 522 g/mol. The van der Waals surface area contributed by atoms with Crippen LogP contribution in [0.25, 0.3) is 11.3 Å². The van der Waals surface area contributed by atoms with Gasteiger partial charge in [0.15, 0.2) is 0 Å². The number of anilines is 1. The molecule has 0 spiro atoms. The zero-order valence-corrected chi connectivity index (χ0v) is 20.3. The molecule has 10 heteroatoms. The van der Waals surface area contributed by atoms with Gasteiger partial charge < -0.3 is 21.3 Å². The number of halogens is 3. The van der Waals surface area contributed by atoms with Crippen LogP contribution in [0.5, 0.6) is 0 Å². The van der Waals surface area contributed by atoms with Crippen LogP contribution in [0.15, 0.2) is 47.1 Å². The fourth-order valence-electron chi connectivity index (χ4n) is 4.29. The van der Waals surface area contributed by atoms with Gasteiger partial charge in [-0.3, -0.25) is 4.79 Å². The SMILES string of the molecule is Nc1ncc(C2CCC(O)CC2)nc1-c1ccc(C(=O)NC(CO)c2cc(F)cc(Br)c2)c(F)c1. The molecule has 0 radical (unpaired) electrons. The molecular formula is C25H25BrF2N4O3. The van der Waals surface area contributed by atoms with E-state index < -0.39 is 30.2 Å². The lowest BCUT2D eigenvalue weighted by molar-refractivity contribution is 0.0912. The number of hydrogen-bond acceptors (Lipinski definition) is 6. The first-order chi connectivity index (χ1) is 16.7. The standard InChI is InChI=1S/C25H25BrF2N4O3/c26-16-7-15(8-17(27)10-16)22(12-33)32-25(35)19-6-3-14(9-20(19)28)23-24(29)30-11-21(31-23)13-1-4-18(34)5-2-13/h3,6-11,13,18,22,33-34H,1-2,4-5,12H2,(H2,29,30)(H,32,35). The number of carbonyl (C=O) groups is 1. The number of hydrogen-bond donors (Lipinski definition) is 4. The second-order valence-electron chi connectivity index (χ2n) is 8.64. The molecule has 4 rings (SSSR count). The first-order valence-electron chi connectivity index (χ1n) is 11.2. The van der Waals surface area contributed by atoms with E-state index in [1.54, 1.807) is 12.3 Å². The number of rotatable bonds is 6. The number of aliphatic hydroxyl groups excluding tert-OH is 2. The summed E-state index contributed by atoms with van der Waals surface area (Å²) in [7, 11) is 0. The lowest BCUT2D eigenvalue weighted by atomic mass is 9.85. The molecule has 0 saturated heterocycles. The van der Waals surface area contributed by atoms with E-state index in [0.29, 0.717) is 34.1 Å². The van der Waals surface area contributed by atoms with E-state index in [0.717, 1.165) is 24.6 Å². The summed E-state index contributed by atoms with van der Waals surface area (Å²) in [5, 5.41) is 22.0. The molecule has 1 aliphatic carbocycles. The van der Waals surface area contributed by atoms with Crippen molar-refractivity contribution in [2.75, 3.05) is 12.3 Å². The van der Waals surface area contributed by atoms with Gasteiger partial charge in [-0.1, -0.05) is 22.0 Å². The minimum atomic E-state index is -0.930. The Bertz CT molecular complexity index is 1220. The predicted octanol–water partition coefficient (Wildman–Crippen LogP) is 4.25. The number of benzene rings is 2. The Morgan fingerprint density at radius 2 is 1.91 bits per heavy atom. The number of aliphatic hydroxyl groups is 2. The number of amides is 1. The second kappa shape index (κ2) is 10.8. The molecule has 3 aromatic rings. The van der Waals surface area contributed by atoms with Crippen LogP contribution in [-0.2, 0) is 0 Å². The first kappa shape index (κ1) is 25.2. The molecule has 1 atom stereocenters.